The number of benzene rings is 2. The van der Waals surface area contributed by atoms with E-state index in [-0.39, 0.29) is 48.9 Å². The van der Waals surface area contributed by atoms with Crippen molar-refractivity contribution in [2.24, 2.45) is 17.3 Å². The first-order valence-electron chi connectivity index (χ1n) is 15.7. The molecule has 3 nitrogen and oxygen atoms in total. The maximum atomic E-state index is 11.7. The van der Waals surface area contributed by atoms with Gasteiger partial charge in [0.2, 0.25) is 0 Å². The Morgan fingerprint density at radius 1 is 1.02 bits per heavy atom. The Hall–Kier alpha value is -2.11. The third-order valence-corrected chi connectivity index (χ3v) is 13.7. The van der Waals surface area contributed by atoms with Gasteiger partial charge in [0.15, 0.2) is 5.78 Å². The van der Waals surface area contributed by atoms with Crippen LogP contribution in [0.15, 0.2) is 54.4 Å². The zero-order valence-electron chi connectivity index (χ0n) is 27.4. The van der Waals surface area contributed by atoms with Crippen LogP contribution >= 0.6 is 11.3 Å². The van der Waals surface area contributed by atoms with Crippen molar-refractivity contribution in [1.29, 1.82) is 0 Å². The van der Waals surface area contributed by atoms with Gasteiger partial charge in [0, 0.05) is 59.5 Å². The molecule has 4 aromatic rings. The minimum Gasteiger partial charge on any atom is -0.512 e. The van der Waals surface area contributed by atoms with Crippen molar-refractivity contribution in [2.75, 3.05) is 0 Å². The van der Waals surface area contributed by atoms with E-state index < -0.39 is 8.07 Å². The first-order chi connectivity index (χ1) is 19.9. The zero-order valence-corrected chi connectivity index (χ0v) is 31.6. The molecule has 2 aromatic carbocycles. The molecule has 1 N–H and O–H groups in total. The number of hydrogen-bond donors (Lipinski definition) is 1. The molecule has 0 bridgehead atoms. The van der Waals surface area contributed by atoms with Gasteiger partial charge in [-0.25, -0.2) is 0 Å². The minimum absolute atomic E-state index is 0. The summed E-state index contributed by atoms with van der Waals surface area (Å²) in [7, 11) is -1.83. The summed E-state index contributed by atoms with van der Waals surface area (Å²) in [4.78, 5) is 18.1. The van der Waals surface area contributed by atoms with E-state index in [1.54, 1.807) is 10.1 Å². The molecule has 0 fully saturated rings. The van der Waals surface area contributed by atoms with Crippen LogP contribution in [0.25, 0.3) is 32.1 Å². The van der Waals surface area contributed by atoms with E-state index >= 15 is 0 Å². The second-order valence-corrected chi connectivity index (χ2v) is 18.9. The molecule has 0 aliphatic carbocycles. The van der Waals surface area contributed by atoms with Crippen molar-refractivity contribution in [2.45, 2.75) is 93.7 Å². The molecule has 0 amide bonds. The van der Waals surface area contributed by atoms with E-state index in [0.29, 0.717) is 0 Å². The van der Waals surface area contributed by atoms with Gasteiger partial charge in [0.25, 0.3) is 0 Å². The summed E-state index contributed by atoms with van der Waals surface area (Å²) >= 11 is 1.99. The number of rotatable bonds is 8. The number of carbonyl (C=O) groups excluding carboxylic acids is 1. The largest absolute Gasteiger partial charge is 0.512 e. The van der Waals surface area contributed by atoms with Gasteiger partial charge in [-0.1, -0.05) is 90.7 Å². The predicted octanol–water partition coefficient (Wildman–Crippen LogP) is 9.51. The molecule has 0 saturated heterocycles. The Labute approximate surface area is 277 Å². The SMILES string of the molecule is CC(C)(C)Cc1sc2ccnc3c2c1[Si](C)(C)c1cc2ccccc2[c-]c1-3.CCC(CC)C(=O)/C=C(\O)C(CC)CC.[Ir]. The summed E-state index contributed by atoms with van der Waals surface area (Å²) in [6, 6.07) is 17.0. The molecule has 0 spiro atoms. The minimum atomic E-state index is -1.83. The maximum Gasteiger partial charge on any atom is 0.162 e. The number of thiophene rings is 1. The van der Waals surface area contributed by atoms with Crippen LogP contribution in [0.3, 0.4) is 0 Å². The second-order valence-electron chi connectivity index (χ2n) is 13.4. The van der Waals surface area contributed by atoms with Crippen molar-refractivity contribution in [3.8, 4) is 11.3 Å². The fourth-order valence-corrected chi connectivity index (χ4v) is 12.0. The fraction of sp³-hybridized carbons (Fsp3) is 0.459. The molecule has 43 heavy (non-hydrogen) atoms. The van der Waals surface area contributed by atoms with E-state index in [1.807, 2.05) is 45.2 Å². The van der Waals surface area contributed by atoms with Gasteiger partial charge in [-0.3, -0.25) is 9.78 Å². The molecule has 1 aliphatic rings. The number of ketones is 1. The summed E-state index contributed by atoms with van der Waals surface area (Å²) < 4.78 is 1.39. The van der Waals surface area contributed by atoms with Crippen LogP contribution in [0, 0.1) is 23.3 Å². The average Bonchev–Trinajstić information content (AvgIpc) is 3.31. The summed E-state index contributed by atoms with van der Waals surface area (Å²) in [5, 5.41) is 16.8. The Kier molecular flexibility index (Phi) is 11.8. The van der Waals surface area contributed by atoms with Crippen molar-refractivity contribution in [3.05, 3.63) is 65.4 Å². The van der Waals surface area contributed by atoms with Crippen LogP contribution in [-0.4, -0.2) is 23.9 Å². The molecule has 0 unspecified atom stereocenters. The molecule has 0 saturated carbocycles. The maximum absolute atomic E-state index is 11.7. The van der Waals surface area contributed by atoms with Crippen molar-refractivity contribution in [1.82, 2.24) is 4.98 Å². The number of fused-ring (bicyclic) bond motifs is 3. The first kappa shape index (κ1) is 35.4. The van der Waals surface area contributed by atoms with Crippen molar-refractivity contribution in [3.63, 3.8) is 0 Å². The average molecular weight is 791 g/mol. The summed E-state index contributed by atoms with van der Waals surface area (Å²) in [6.45, 7) is 20.1. The predicted molar refractivity (Wildman–Crippen MR) is 185 cm³/mol. The van der Waals surface area contributed by atoms with Crippen LogP contribution in [-0.2, 0) is 31.3 Å². The molecule has 0 atom stereocenters. The number of aromatic nitrogens is 1. The summed E-state index contributed by atoms with van der Waals surface area (Å²) in [6.07, 6.45) is 8.01. The molecule has 233 valence electrons. The molecular weight excluding hydrogens is 743 g/mol. The summed E-state index contributed by atoms with van der Waals surface area (Å²) in [5.41, 5.74) is 2.67. The molecule has 3 heterocycles. The van der Waals surface area contributed by atoms with Crippen LogP contribution in [0.1, 0.15) is 79.0 Å². The number of nitrogens with zero attached hydrogens (tertiary/aromatic N) is 1. The zero-order chi connectivity index (χ0) is 30.8. The van der Waals surface area contributed by atoms with Crippen LogP contribution in [0.4, 0.5) is 0 Å². The Morgan fingerprint density at radius 2 is 1.65 bits per heavy atom. The molecule has 1 radical (unpaired) electrons. The number of hydrogen-bond acceptors (Lipinski definition) is 4. The van der Waals surface area contributed by atoms with E-state index in [1.165, 1.54) is 37.7 Å². The van der Waals surface area contributed by atoms with Gasteiger partial charge in [-0.05, 0) is 54.2 Å². The summed E-state index contributed by atoms with van der Waals surface area (Å²) in [5.74, 6) is 0.547. The third-order valence-electron chi connectivity index (χ3n) is 8.77. The normalized spacial score (nSPS) is 14.0. The van der Waals surface area contributed by atoms with Gasteiger partial charge >= 0.3 is 0 Å². The van der Waals surface area contributed by atoms with Gasteiger partial charge in [0.05, 0.1) is 13.8 Å². The molecule has 2 aromatic heterocycles. The van der Waals surface area contributed by atoms with Crippen LogP contribution in [0.2, 0.25) is 13.1 Å². The van der Waals surface area contributed by atoms with Crippen LogP contribution < -0.4 is 10.4 Å². The quantitative estimate of drug-likeness (QED) is 0.0838. The second kappa shape index (κ2) is 14.3. The Balaban J connectivity index is 0.000000274. The molecule has 6 heteroatoms. The van der Waals surface area contributed by atoms with E-state index in [4.69, 9.17) is 4.98 Å². The number of allylic oxidation sites excluding steroid dienone is 2. The first-order valence-corrected chi connectivity index (χ1v) is 19.5. The van der Waals surface area contributed by atoms with Crippen LogP contribution in [0.5, 0.6) is 0 Å². The molecular formula is C37H48IrNO2SSi-. The molecule has 1 aliphatic heterocycles. The Bertz CT molecular complexity index is 1610. The van der Waals surface area contributed by atoms with E-state index in [0.717, 1.165) is 37.8 Å². The topological polar surface area (TPSA) is 50.2 Å². The van der Waals surface area contributed by atoms with E-state index in [9.17, 15) is 9.90 Å². The monoisotopic (exact) mass is 791 g/mol. The smallest absolute Gasteiger partial charge is 0.162 e. The Morgan fingerprint density at radius 3 is 2.26 bits per heavy atom. The number of carbonyl (C=O) groups is 1. The van der Waals surface area contributed by atoms with Gasteiger partial charge < -0.3 is 5.11 Å². The van der Waals surface area contributed by atoms with Crippen molar-refractivity contribution < 1.29 is 30.0 Å². The van der Waals surface area contributed by atoms with Gasteiger partial charge in [-0.2, -0.15) is 0 Å². The number of aliphatic hydroxyl groups excluding tert-OH is 1. The molecule has 5 rings (SSSR count). The van der Waals surface area contributed by atoms with Gasteiger partial charge in [-0.15, -0.1) is 40.1 Å². The third kappa shape index (κ3) is 7.41. The standard InChI is InChI=1S/C24H24NSSi.C13H24O2.Ir/c1-24(2,3)14-19-23-21-18(26-19)10-11-25-22(21)17-12-15-8-6-7-9-16(15)13-20(17)27(23,4)5;1-5-10(6-2)12(14)9-13(15)11(7-3)8-4;/h6-11,13H,14H2,1-5H3;9-11,14H,5-8H2,1-4H3;/q-1;;/b;12-9-;. The van der Waals surface area contributed by atoms with Gasteiger partial charge in [0.1, 0.15) is 0 Å². The fourth-order valence-electron chi connectivity index (χ4n) is 6.31. The van der Waals surface area contributed by atoms with E-state index in [2.05, 4.69) is 76.3 Å². The number of pyridine rings is 1. The van der Waals surface area contributed by atoms with Crippen molar-refractivity contribution >= 4 is 56.4 Å². The number of aliphatic hydroxyl groups is 1.